The van der Waals surface area contributed by atoms with Crippen LogP contribution in [-0.4, -0.2) is 28.1 Å². The van der Waals surface area contributed by atoms with Gasteiger partial charge in [-0.3, -0.25) is 9.59 Å². The van der Waals surface area contributed by atoms with Gasteiger partial charge in [0.15, 0.2) is 0 Å². The maximum atomic E-state index is 12.7. The van der Waals surface area contributed by atoms with Crippen LogP contribution in [0.15, 0.2) is 54.7 Å². The van der Waals surface area contributed by atoms with E-state index in [0.717, 1.165) is 17.8 Å². The lowest BCUT2D eigenvalue weighted by molar-refractivity contribution is -0.117. The highest BCUT2D eigenvalue weighted by Gasteiger charge is 2.24. The molecule has 2 heterocycles. The van der Waals surface area contributed by atoms with Crippen molar-refractivity contribution in [1.29, 1.82) is 0 Å². The fourth-order valence-corrected chi connectivity index (χ4v) is 3.65. The van der Waals surface area contributed by atoms with Gasteiger partial charge in [0.05, 0.1) is 33.9 Å². The maximum Gasteiger partial charge on any atom is 0.259 e. The molecule has 1 saturated heterocycles. The van der Waals surface area contributed by atoms with Crippen LogP contribution in [0.25, 0.3) is 5.69 Å². The molecule has 1 aliphatic rings. The van der Waals surface area contributed by atoms with E-state index in [1.807, 2.05) is 37.3 Å². The number of rotatable bonds is 4. The molecule has 1 fully saturated rings. The molecule has 1 N–H and O–H groups in total. The quantitative estimate of drug-likeness (QED) is 0.720. The lowest BCUT2D eigenvalue weighted by Crippen LogP contribution is -2.24. The molecule has 0 spiro atoms. The van der Waals surface area contributed by atoms with Gasteiger partial charge >= 0.3 is 0 Å². The van der Waals surface area contributed by atoms with Crippen LogP contribution < -0.4 is 10.2 Å². The molecular weight excluding hydrogens is 376 g/mol. The van der Waals surface area contributed by atoms with E-state index in [4.69, 9.17) is 11.6 Å². The average Bonchev–Trinajstić information content (AvgIpc) is 3.28. The van der Waals surface area contributed by atoms with Crippen LogP contribution in [0, 0.1) is 6.92 Å². The smallest absolute Gasteiger partial charge is 0.259 e. The van der Waals surface area contributed by atoms with E-state index in [-0.39, 0.29) is 11.8 Å². The Labute approximate surface area is 167 Å². The monoisotopic (exact) mass is 394 g/mol. The van der Waals surface area contributed by atoms with Gasteiger partial charge in [-0.15, -0.1) is 0 Å². The summed E-state index contributed by atoms with van der Waals surface area (Å²) in [6.45, 7) is 2.52. The van der Waals surface area contributed by atoms with Gasteiger partial charge in [0.1, 0.15) is 0 Å². The molecule has 6 nitrogen and oxygen atoms in total. The first-order valence-corrected chi connectivity index (χ1v) is 9.43. The summed E-state index contributed by atoms with van der Waals surface area (Å²) < 4.78 is 1.73. The van der Waals surface area contributed by atoms with Crippen LogP contribution in [0.3, 0.4) is 0 Å². The van der Waals surface area contributed by atoms with Crippen molar-refractivity contribution in [2.45, 2.75) is 19.8 Å². The molecule has 2 aromatic carbocycles. The summed E-state index contributed by atoms with van der Waals surface area (Å²) in [5.41, 5.74) is 3.36. The predicted octanol–water partition coefficient (Wildman–Crippen LogP) is 4.21. The zero-order chi connectivity index (χ0) is 19.7. The van der Waals surface area contributed by atoms with Crippen LogP contribution in [-0.2, 0) is 4.79 Å². The van der Waals surface area contributed by atoms with Gasteiger partial charge in [-0.05, 0) is 43.7 Å². The molecule has 142 valence electrons. The predicted molar refractivity (Wildman–Crippen MR) is 109 cm³/mol. The van der Waals surface area contributed by atoms with Crippen molar-refractivity contribution in [3.8, 4) is 5.69 Å². The van der Waals surface area contributed by atoms with Gasteiger partial charge < -0.3 is 10.2 Å². The molecule has 0 atom stereocenters. The Bertz CT molecular complexity index is 1050. The Morgan fingerprint density at radius 3 is 2.64 bits per heavy atom. The molecule has 28 heavy (non-hydrogen) atoms. The maximum absolute atomic E-state index is 12.7. The summed E-state index contributed by atoms with van der Waals surface area (Å²) in [7, 11) is 0. The fourth-order valence-electron chi connectivity index (χ4n) is 3.37. The van der Waals surface area contributed by atoms with Crippen molar-refractivity contribution in [3.63, 3.8) is 0 Å². The summed E-state index contributed by atoms with van der Waals surface area (Å²) >= 11 is 6.36. The van der Waals surface area contributed by atoms with Crippen molar-refractivity contribution in [3.05, 3.63) is 71.0 Å². The Hall–Kier alpha value is -3.12. The number of carbonyl (C=O) groups excluding carboxylic acids is 2. The third-order valence-electron chi connectivity index (χ3n) is 4.82. The van der Waals surface area contributed by atoms with Crippen LogP contribution >= 0.6 is 11.6 Å². The number of benzene rings is 2. The molecular formula is C21H19ClN4O2. The van der Waals surface area contributed by atoms with Crippen LogP contribution in [0.4, 0.5) is 11.4 Å². The second-order valence-corrected chi connectivity index (χ2v) is 7.07. The zero-order valence-corrected chi connectivity index (χ0v) is 16.1. The Kier molecular flexibility index (Phi) is 4.88. The van der Waals surface area contributed by atoms with Crippen LogP contribution in [0.2, 0.25) is 5.02 Å². The van der Waals surface area contributed by atoms with Crippen molar-refractivity contribution >= 4 is 34.8 Å². The first-order valence-electron chi connectivity index (χ1n) is 9.06. The van der Waals surface area contributed by atoms with Gasteiger partial charge in [-0.1, -0.05) is 29.8 Å². The van der Waals surface area contributed by atoms with Gasteiger partial charge in [0.25, 0.3) is 5.91 Å². The molecule has 0 aliphatic carbocycles. The van der Waals surface area contributed by atoms with E-state index in [0.29, 0.717) is 34.9 Å². The first kappa shape index (κ1) is 18.3. The number of amides is 2. The number of para-hydroxylation sites is 1. The molecule has 3 aromatic rings. The molecule has 1 aliphatic heterocycles. The lowest BCUT2D eigenvalue weighted by Gasteiger charge is -2.18. The fraction of sp³-hybridized carbons (Fsp3) is 0.190. The second kappa shape index (κ2) is 7.48. The summed E-state index contributed by atoms with van der Waals surface area (Å²) in [5.74, 6) is -0.191. The molecule has 0 radical (unpaired) electrons. The molecule has 0 bridgehead atoms. The third kappa shape index (κ3) is 3.39. The minimum Gasteiger partial charge on any atom is -0.322 e. The summed E-state index contributed by atoms with van der Waals surface area (Å²) in [6, 6.07) is 14.8. The summed E-state index contributed by atoms with van der Waals surface area (Å²) in [5, 5.41) is 7.62. The summed E-state index contributed by atoms with van der Waals surface area (Å²) in [6.07, 6.45) is 2.92. The normalized spacial score (nSPS) is 13.8. The van der Waals surface area contributed by atoms with Crippen molar-refractivity contribution in [2.24, 2.45) is 0 Å². The lowest BCUT2D eigenvalue weighted by atomic mass is 10.2. The van der Waals surface area contributed by atoms with Crippen molar-refractivity contribution in [1.82, 2.24) is 9.78 Å². The second-order valence-electron chi connectivity index (χ2n) is 6.66. The number of halogens is 1. The van der Waals surface area contributed by atoms with Gasteiger partial charge in [-0.2, -0.15) is 5.10 Å². The minimum atomic E-state index is -0.263. The average molecular weight is 395 g/mol. The van der Waals surface area contributed by atoms with E-state index in [1.165, 1.54) is 0 Å². The van der Waals surface area contributed by atoms with Gasteiger partial charge in [0.2, 0.25) is 5.91 Å². The third-order valence-corrected chi connectivity index (χ3v) is 5.13. The van der Waals surface area contributed by atoms with Crippen LogP contribution in [0.5, 0.6) is 0 Å². The first-order chi connectivity index (χ1) is 13.5. The zero-order valence-electron chi connectivity index (χ0n) is 15.4. The molecule has 0 unspecified atom stereocenters. The van der Waals surface area contributed by atoms with E-state index in [1.54, 1.807) is 34.0 Å². The van der Waals surface area contributed by atoms with Gasteiger partial charge in [0, 0.05) is 18.7 Å². The largest absolute Gasteiger partial charge is 0.322 e. The number of carbonyl (C=O) groups is 2. The van der Waals surface area contributed by atoms with Crippen molar-refractivity contribution < 1.29 is 9.59 Å². The topological polar surface area (TPSA) is 67.2 Å². The Morgan fingerprint density at radius 1 is 1.18 bits per heavy atom. The Balaban J connectivity index is 1.54. The minimum absolute atomic E-state index is 0.0719. The number of hydrogen-bond donors (Lipinski definition) is 1. The van der Waals surface area contributed by atoms with Crippen LogP contribution in [0.1, 0.15) is 28.9 Å². The standard InChI is InChI=1S/C21H19ClN4O2/c1-14-17(13-23-26(14)16-6-3-2-4-7-16)21(28)24-15-9-10-19(18(22)12-15)25-11-5-8-20(25)27/h2-4,6-7,9-10,12-13H,5,8,11H2,1H3,(H,24,28). The number of nitrogens with one attached hydrogen (secondary N) is 1. The Morgan fingerprint density at radius 2 is 1.96 bits per heavy atom. The molecule has 2 amide bonds. The number of anilines is 2. The van der Waals surface area contributed by atoms with E-state index < -0.39 is 0 Å². The molecule has 0 saturated carbocycles. The van der Waals surface area contributed by atoms with E-state index in [2.05, 4.69) is 10.4 Å². The van der Waals surface area contributed by atoms with E-state index in [9.17, 15) is 9.59 Å². The van der Waals surface area contributed by atoms with Crippen molar-refractivity contribution in [2.75, 3.05) is 16.8 Å². The molecule has 4 rings (SSSR count). The highest BCUT2D eigenvalue weighted by molar-refractivity contribution is 6.34. The highest BCUT2D eigenvalue weighted by atomic mass is 35.5. The summed E-state index contributed by atoms with van der Waals surface area (Å²) in [4.78, 5) is 26.3. The SMILES string of the molecule is Cc1c(C(=O)Nc2ccc(N3CCCC3=O)c(Cl)c2)cnn1-c1ccccc1. The molecule has 1 aromatic heterocycles. The number of hydrogen-bond acceptors (Lipinski definition) is 3. The number of aromatic nitrogens is 2. The molecule has 7 heteroatoms. The highest BCUT2D eigenvalue weighted by Crippen LogP contribution is 2.32. The van der Waals surface area contributed by atoms with E-state index >= 15 is 0 Å². The van der Waals surface area contributed by atoms with Gasteiger partial charge in [-0.25, -0.2) is 4.68 Å². The number of nitrogens with zero attached hydrogens (tertiary/aromatic N) is 3.